The minimum atomic E-state index is -2.66. The molecule has 0 aliphatic heterocycles. The van der Waals surface area contributed by atoms with Crippen LogP contribution >= 0.6 is 0 Å². The van der Waals surface area contributed by atoms with Gasteiger partial charge in [0, 0.05) is 25.3 Å². The van der Waals surface area contributed by atoms with Crippen molar-refractivity contribution >= 4 is 14.8 Å². The first kappa shape index (κ1) is 22.3. The van der Waals surface area contributed by atoms with Crippen molar-refractivity contribution in [1.82, 2.24) is 0 Å². The molecule has 23 heavy (non-hydrogen) atoms. The molecule has 0 saturated carbocycles. The van der Waals surface area contributed by atoms with Crippen molar-refractivity contribution in [2.24, 2.45) is 0 Å². The zero-order valence-electron chi connectivity index (χ0n) is 15.1. The molecular weight excluding hydrogens is 312 g/mol. The van der Waals surface area contributed by atoms with Crippen LogP contribution in [0.1, 0.15) is 59.3 Å². The lowest BCUT2D eigenvalue weighted by molar-refractivity contribution is -0.138. The average Bonchev–Trinajstić information content (AvgIpc) is 2.55. The minimum absolute atomic E-state index is 0.191. The summed E-state index contributed by atoms with van der Waals surface area (Å²) >= 11 is 0. The Morgan fingerprint density at radius 3 is 2.09 bits per heavy atom. The third-order valence-electron chi connectivity index (χ3n) is 3.38. The molecule has 0 aromatic heterocycles. The first-order chi connectivity index (χ1) is 11.1. The van der Waals surface area contributed by atoms with E-state index in [2.05, 4.69) is 13.5 Å². The Kier molecular flexibility index (Phi) is 14.4. The van der Waals surface area contributed by atoms with Gasteiger partial charge >= 0.3 is 14.8 Å². The molecule has 136 valence electrons. The zero-order chi connectivity index (χ0) is 17.4. The Bertz CT molecular complexity index is 303. The number of carbonyl (C=O) groups excluding carboxylic acids is 1. The summed E-state index contributed by atoms with van der Waals surface area (Å²) in [5.41, 5.74) is 0. The van der Waals surface area contributed by atoms with Gasteiger partial charge in [0.15, 0.2) is 0 Å². The lowest BCUT2D eigenvalue weighted by atomic mass is 10.1. The van der Waals surface area contributed by atoms with E-state index in [0.717, 1.165) is 18.5 Å². The Balaban J connectivity index is 4.26. The van der Waals surface area contributed by atoms with E-state index in [4.69, 9.17) is 18.0 Å². The lowest BCUT2D eigenvalue weighted by Gasteiger charge is -2.28. The molecule has 0 saturated heterocycles. The van der Waals surface area contributed by atoms with Crippen LogP contribution in [0, 0.1) is 0 Å². The average molecular weight is 347 g/mol. The van der Waals surface area contributed by atoms with Crippen molar-refractivity contribution < 1.29 is 22.8 Å². The maximum Gasteiger partial charge on any atom is 0.501 e. The van der Waals surface area contributed by atoms with E-state index in [1.165, 1.54) is 32.1 Å². The second-order valence-electron chi connectivity index (χ2n) is 5.29. The molecule has 0 amide bonds. The standard InChI is InChI=1S/C17H34O5Si/c1-5-9-10-11-12-13-16-23(20-7-3,21-8-4)22-15-14-19-17(18)6-2/h6H,2,5,7-16H2,1,3-4H3. The van der Waals surface area contributed by atoms with E-state index in [1.807, 2.05) is 13.8 Å². The fourth-order valence-corrected chi connectivity index (χ4v) is 4.94. The van der Waals surface area contributed by atoms with Crippen molar-refractivity contribution in [2.75, 3.05) is 26.4 Å². The summed E-state index contributed by atoms with van der Waals surface area (Å²) in [5.74, 6) is -0.440. The van der Waals surface area contributed by atoms with Crippen LogP contribution in [0.25, 0.3) is 0 Å². The SMILES string of the molecule is C=CC(=O)OCCO[Si](CCCCCCCC)(OCC)OCC. The molecule has 0 heterocycles. The van der Waals surface area contributed by atoms with E-state index < -0.39 is 14.8 Å². The Hall–Kier alpha value is -0.693. The first-order valence-corrected chi connectivity index (χ1v) is 10.8. The molecule has 0 fully saturated rings. The van der Waals surface area contributed by atoms with Gasteiger partial charge in [0.2, 0.25) is 0 Å². The van der Waals surface area contributed by atoms with Gasteiger partial charge < -0.3 is 18.0 Å². The van der Waals surface area contributed by atoms with Crippen LogP contribution in [0.5, 0.6) is 0 Å². The van der Waals surface area contributed by atoms with Crippen LogP contribution in [-0.2, 0) is 22.8 Å². The number of rotatable bonds is 16. The molecule has 0 rings (SSSR count). The molecule has 0 N–H and O–H groups in total. The van der Waals surface area contributed by atoms with Crippen LogP contribution in [0.3, 0.4) is 0 Å². The molecular formula is C17H34O5Si. The molecule has 0 radical (unpaired) electrons. The van der Waals surface area contributed by atoms with E-state index in [9.17, 15) is 4.79 Å². The summed E-state index contributed by atoms with van der Waals surface area (Å²) in [4.78, 5) is 11.0. The third kappa shape index (κ3) is 11.5. The van der Waals surface area contributed by atoms with Crippen LogP contribution < -0.4 is 0 Å². The normalized spacial score (nSPS) is 11.4. The summed E-state index contributed by atoms with van der Waals surface area (Å²) in [6.45, 7) is 11.1. The largest absolute Gasteiger partial charge is 0.501 e. The van der Waals surface area contributed by atoms with Crippen molar-refractivity contribution in [1.29, 1.82) is 0 Å². The second-order valence-corrected chi connectivity index (χ2v) is 8.02. The quantitative estimate of drug-likeness (QED) is 0.182. The molecule has 0 aromatic rings. The summed E-state index contributed by atoms with van der Waals surface area (Å²) < 4.78 is 22.6. The van der Waals surface area contributed by atoms with E-state index in [-0.39, 0.29) is 6.61 Å². The van der Waals surface area contributed by atoms with Gasteiger partial charge in [-0.05, 0) is 20.3 Å². The fraction of sp³-hybridized carbons (Fsp3) is 0.824. The Morgan fingerprint density at radius 1 is 0.913 bits per heavy atom. The summed E-state index contributed by atoms with van der Waals surface area (Å²) in [6, 6.07) is 0.816. The van der Waals surface area contributed by atoms with Gasteiger partial charge in [-0.25, -0.2) is 4.79 Å². The van der Waals surface area contributed by atoms with Crippen LogP contribution in [0.15, 0.2) is 12.7 Å². The highest BCUT2D eigenvalue weighted by molar-refractivity contribution is 6.60. The molecule has 0 atom stereocenters. The smallest absolute Gasteiger partial charge is 0.460 e. The maximum absolute atomic E-state index is 11.0. The number of unbranched alkanes of at least 4 members (excludes halogenated alkanes) is 5. The molecule has 0 bridgehead atoms. The van der Waals surface area contributed by atoms with Gasteiger partial charge in [0.25, 0.3) is 0 Å². The molecule has 0 spiro atoms. The van der Waals surface area contributed by atoms with Gasteiger partial charge in [-0.15, -0.1) is 0 Å². The molecule has 0 aliphatic rings. The summed E-state index contributed by atoms with van der Waals surface area (Å²) in [6.07, 6.45) is 8.44. The van der Waals surface area contributed by atoms with E-state index in [1.54, 1.807) is 0 Å². The highest BCUT2D eigenvalue weighted by Gasteiger charge is 2.39. The van der Waals surface area contributed by atoms with Gasteiger partial charge in [0.05, 0.1) is 6.61 Å². The van der Waals surface area contributed by atoms with Crippen molar-refractivity contribution in [3.63, 3.8) is 0 Å². The van der Waals surface area contributed by atoms with Crippen molar-refractivity contribution in [3.05, 3.63) is 12.7 Å². The van der Waals surface area contributed by atoms with E-state index >= 15 is 0 Å². The number of ether oxygens (including phenoxy) is 1. The van der Waals surface area contributed by atoms with Gasteiger partial charge in [-0.2, -0.15) is 0 Å². The summed E-state index contributed by atoms with van der Waals surface area (Å²) in [5, 5.41) is 0. The van der Waals surface area contributed by atoms with Crippen LogP contribution in [0.4, 0.5) is 0 Å². The molecule has 5 nitrogen and oxygen atoms in total. The zero-order valence-corrected chi connectivity index (χ0v) is 16.1. The van der Waals surface area contributed by atoms with Crippen LogP contribution in [-0.4, -0.2) is 41.2 Å². The van der Waals surface area contributed by atoms with Crippen molar-refractivity contribution in [3.8, 4) is 0 Å². The van der Waals surface area contributed by atoms with Crippen LogP contribution in [0.2, 0.25) is 6.04 Å². The Labute approximate surface area is 142 Å². The minimum Gasteiger partial charge on any atom is -0.460 e. The van der Waals surface area contributed by atoms with Crippen molar-refractivity contribution in [2.45, 2.75) is 65.3 Å². The predicted molar refractivity (Wildman–Crippen MR) is 94.3 cm³/mol. The third-order valence-corrected chi connectivity index (χ3v) is 6.45. The highest BCUT2D eigenvalue weighted by Crippen LogP contribution is 2.20. The number of carbonyl (C=O) groups is 1. The molecule has 0 aromatic carbocycles. The number of hydrogen-bond donors (Lipinski definition) is 0. The van der Waals surface area contributed by atoms with Gasteiger partial charge in [0.1, 0.15) is 6.61 Å². The fourth-order valence-electron chi connectivity index (χ4n) is 2.30. The first-order valence-electron chi connectivity index (χ1n) is 8.85. The number of esters is 1. The van der Waals surface area contributed by atoms with E-state index in [0.29, 0.717) is 19.8 Å². The second kappa shape index (κ2) is 14.9. The predicted octanol–water partition coefficient (Wildman–Crippen LogP) is 4.10. The highest BCUT2D eigenvalue weighted by atomic mass is 28.4. The molecule has 0 aliphatic carbocycles. The van der Waals surface area contributed by atoms with Gasteiger partial charge in [-0.1, -0.05) is 45.6 Å². The van der Waals surface area contributed by atoms with Gasteiger partial charge in [-0.3, -0.25) is 0 Å². The Morgan fingerprint density at radius 2 is 1.52 bits per heavy atom. The monoisotopic (exact) mass is 346 g/mol. The molecule has 0 unspecified atom stereocenters. The maximum atomic E-state index is 11.0. The lowest BCUT2D eigenvalue weighted by Crippen LogP contribution is -2.46. The number of hydrogen-bond acceptors (Lipinski definition) is 5. The molecule has 6 heteroatoms. The topological polar surface area (TPSA) is 54.0 Å². The summed E-state index contributed by atoms with van der Waals surface area (Å²) in [7, 11) is -2.66.